The van der Waals surface area contributed by atoms with Gasteiger partial charge in [0.25, 0.3) is 0 Å². The normalized spacial score (nSPS) is 13.3. The van der Waals surface area contributed by atoms with Crippen LogP contribution in [0.4, 0.5) is 17.6 Å². The van der Waals surface area contributed by atoms with E-state index in [1.54, 1.807) is 24.3 Å². The summed E-state index contributed by atoms with van der Waals surface area (Å²) in [7, 11) is 1.53. The minimum atomic E-state index is -4.15. The molecule has 0 aliphatic carbocycles. The van der Waals surface area contributed by atoms with E-state index < -0.39 is 41.0 Å². The Morgan fingerprint density at radius 2 is 1.86 bits per heavy atom. The zero-order chi connectivity index (χ0) is 25.1. The number of ether oxygens (including phenoxy) is 2. The lowest BCUT2D eigenvalue weighted by Crippen LogP contribution is -2.48. The number of methoxy groups -OCH3 is 1. The first-order chi connectivity index (χ1) is 16.7. The molecule has 2 heterocycles. The fraction of sp³-hybridized carbons (Fsp3) is 0.217. The van der Waals surface area contributed by atoms with Crippen molar-refractivity contribution in [3.8, 4) is 11.5 Å². The number of aliphatic hydroxyl groups is 1. The van der Waals surface area contributed by atoms with E-state index in [1.807, 2.05) is 0 Å². The third kappa shape index (κ3) is 4.92. The second-order valence-corrected chi connectivity index (χ2v) is 7.59. The van der Waals surface area contributed by atoms with Gasteiger partial charge in [-0.05, 0) is 52.4 Å². The predicted octanol–water partition coefficient (Wildman–Crippen LogP) is 3.61. The van der Waals surface area contributed by atoms with E-state index in [4.69, 9.17) is 9.47 Å². The lowest BCUT2D eigenvalue weighted by atomic mass is 9.84. The Labute approximate surface area is 196 Å². The highest BCUT2D eigenvalue weighted by molar-refractivity contribution is 5.33. The van der Waals surface area contributed by atoms with E-state index in [2.05, 4.69) is 20.5 Å². The Morgan fingerprint density at radius 3 is 2.51 bits per heavy atom. The average Bonchev–Trinajstić information content (AvgIpc) is 3.35. The minimum absolute atomic E-state index is 0.124. The van der Waals surface area contributed by atoms with Gasteiger partial charge in [-0.3, -0.25) is 4.98 Å². The van der Waals surface area contributed by atoms with E-state index in [0.29, 0.717) is 11.8 Å². The molecule has 12 heteroatoms. The number of benzene rings is 2. The van der Waals surface area contributed by atoms with Gasteiger partial charge >= 0.3 is 5.92 Å². The topological polar surface area (TPSA) is 95.2 Å². The third-order valence-electron chi connectivity index (χ3n) is 5.28. The first-order valence-corrected chi connectivity index (χ1v) is 10.2. The molecule has 1 N–H and O–H groups in total. The molecule has 2 aromatic heterocycles. The van der Waals surface area contributed by atoms with Gasteiger partial charge in [0.2, 0.25) is 0 Å². The van der Waals surface area contributed by atoms with Gasteiger partial charge < -0.3 is 14.6 Å². The summed E-state index contributed by atoms with van der Waals surface area (Å²) < 4.78 is 71.0. The molecule has 1 unspecified atom stereocenters. The molecule has 2 aromatic carbocycles. The summed E-state index contributed by atoms with van der Waals surface area (Å²) in [5.41, 5.74) is -4.15. The number of pyridine rings is 1. The van der Waals surface area contributed by atoms with Crippen LogP contribution in [0.25, 0.3) is 0 Å². The fourth-order valence-electron chi connectivity index (χ4n) is 3.46. The first kappa shape index (κ1) is 24.1. The van der Waals surface area contributed by atoms with Crippen molar-refractivity contribution in [2.45, 2.75) is 24.7 Å². The molecule has 0 saturated carbocycles. The average molecular weight is 489 g/mol. The number of tetrazole rings is 1. The van der Waals surface area contributed by atoms with Gasteiger partial charge in [0.1, 0.15) is 41.8 Å². The highest BCUT2D eigenvalue weighted by Gasteiger charge is 2.58. The van der Waals surface area contributed by atoms with Crippen LogP contribution < -0.4 is 9.47 Å². The number of hydrogen-bond acceptors (Lipinski definition) is 7. The molecule has 1 atom stereocenters. The van der Waals surface area contributed by atoms with E-state index in [-0.39, 0.29) is 12.4 Å². The second kappa shape index (κ2) is 9.66. The smallest absolute Gasteiger partial charge is 0.323 e. The Kier molecular flexibility index (Phi) is 6.65. The molecule has 0 radical (unpaired) electrons. The number of rotatable bonds is 9. The summed E-state index contributed by atoms with van der Waals surface area (Å²) in [5.74, 6) is -5.69. The molecule has 8 nitrogen and oxygen atoms in total. The van der Waals surface area contributed by atoms with Crippen LogP contribution in [0, 0.1) is 11.6 Å². The van der Waals surface area contributed by atoms with E-state index >= 15 is 8.78 Å². The molecule has 182 valence electrons. The van der Waals surface area contributed by atoms with Gasteiger partial charge in [0.15, 0.2) is 5.60 Å². The lowest BCUT2D eigenvalue weighted by molar-refractivity contribution is -0.207. The molecule has 35 heavy (non-hydrogen) atoms. The molecule has 0 amide bonds. The molecule has 4 rings (SSSR count). The van der Waals surface area contributed by atoms with Crippen molar-refractivity contribution in [3.05, 3.63) is 95.6 Å². The Morgan fingerprint density at radius 1 is 1.03 bits per heavy atom. The SMILES string of the molecule is COc1cccc(COc2ccc(C(F)(F)C(O)(Cn3cnnn3)c3ccc(F)cc3F)nc2)c1. The van der Waals surface area contributed by atoms with Gasteiger partial charge in [-0.15, -0.1) is 5.10 Å². The molecule has 0 saturated heterocycles. The standard InChI is InChI=1S/C23H19F4N5O3/c1-34-17-4-2-3-15(9-17)12-35-18-6-8-21(28-11-18)23(26,27)22(33,13-32-14-29-30-31-32)19-7-5-16(24)10-20(19)25/h2-11,14,33H,12-13H2,1H3. The van der Waals surface area contributed by atoms with Gasteiger partial charge in [-0.1, -0.05) is 12.1 Å². The zero-order valence-electron chi connectivity index (χ0n) is 18.3. The molecule has 0 aliphatic rings. The van der Waals surface area contributed by atoms with Gasteiger partial charge in [-0.25, -0.2) is 13.5 Å². The molecule has 0 aliphatic heterocycles. The summed E-state index contributed by atoms with van der Waals surface area (Å²) in [6.07, 6.45) is 2.04. The molecular formula is C23H19F4N5O3. The van der Waals surface area contributed by atoms with Crippen LogP contribution in [0.15, 0.2) is 67.1 Å². The third-order valence-corrected chi connectivity index (χ3v) is 5.28. The van der Waals surface area contributed by atoms with Crippen molar-refractivity contribution < 1.29 is 32.1 Å². The Balaban J connectivity index is 1.62. The van der Waals surface area contributed by atoms with Crippen LogP contribution in [-0.4, -0.2) is 37.4 Å². The predicted molar refractivity (Wildman–Crippen MR) is 114 cm³/mol. The van der Waals surface area contributed by atoms with Crippen molar-refractivity contribution in [1.82, 2.24) is 25.2 Å². The van der Waals surface area contributed by atoms with Crippen molar-refractivity contribution in [3.63, 3.8) is 0 Å². The van der Waals surface area contributed by atoms with E-state index in [1.165, 1.54) is 13.2 Å². The number of nitrogens with zero attached hydrogens (tertiary/aromatic N) is 5. The van der Waals surface area contributed by atoms with E-state index in [0.717, 1.165) is 41.0 Å². The number of alkyl halides is 2. The number of hydrogen-bond donors (Lipinski definition) is 1. The lowest BCUT2D eigenvalue weighted by Gasteiger charge is -2.35. The number of halogens is 4. The van der Waals surface area contributed by atoms with Crippen LogP contribution in [0.5, 0.6) is 11.5 Å². The summed E-state index contributed by atoms with van der Waals surface area (Å²) >= 11 is 0. The number of aromatic nitrogens is 5. The van der Waals surface area contributed by atoms with Crippen molar-refractivity contribution >= 4 is 0 Å². The highest BCUT2D eigenvalue weighted by atomic mass is 19.3. The molecule has 4 aromatic rings. The van der Waals surface area contributed by atoms with Crippen molar-refractivity contribution in [2.75, 3.05) is 7.11 Å². The Hall–Kier alpha value is -4.06. The summed E-state index contributed by atoms with van der Waals surface area (Å²) in [4.78, 5) is 3.75. The monoisotopic (exact) mass is 489 g/mol. The maximum Gasteiger partial charge on any atom is 0.323 e. The van der Waals surface area contributed by atoms with Gasteiger partial charge in [0.05, 0.1) is 19.9 Å². The van der Waals surface area contributed by atoms with Crippen molar-refractivity contribution in [1.29, 1.82) is 0 Å². The maximum absolute atomic E-state index is 15.7. The molecule has 0 fully saturated rings. The zero-order valence-corrected chi connectivity index (χ0v) is 18.3. The quantitative estimate of drug-likeness (QED) is 0.359. The highest BCUT2D eigenvalue weighted by Crippen LogP contribution is 2.46. The van der Waals surface area contributed by atoms with Crippen molar-refractivity contribution in [2.24, 2.45) is 0 Å². The van der Waals surface area contributed by atoms with E-state index in [9.17, 15) is 13.9 Å². The van der Waals surface area contributed by atoms with Gasteiger partial charge in [0, 0.05) is 11.6 Å². The van der Waals surface area contributed by atoms with Gasteiger partial charge in [-0.2, -0.15) is 8.78 Å². The largest absolute Gasteiger partial charge is 0.497 e. The maximum atomic E-state index is 15.7. The summed E-state index contributed by atoms with van der Waals surface area (Å²) in [5, 5.41) is 21.3. The molecular weight excluding hydrogens is 470 g/mol. The molecule has 0 spiro atoms. The summed E-state index contributed by atoms with van der Waals surface area (Å²) in [6, 6.07) is 11.2. The minimum Gasteiger partial charge on any atom is -0.497 e. The van der Waals surface area contributed by atoms with Crippen LogP contribution >= 0.6 is 0 Å². The van der Waals surface area contributed by atoms with Crippen LogP contribution in [0.2, 0.25) is 0 Å². The molecule has 0 bridgehead atoms. The summed E-state index contributed by atoms with van der Waals surface area (Å²) in [6.45, 7) is -0.816. The Bertz CT molecular complexity index is 1290. The van der Waals surface area contributed by atoms with Crippen LogP contribution in [0.3, 0.4) is 0 Å². The first-order valence-electron chi connectivity index (χ1n) is 10.2. The van der Waals surface area contributed by atoms with Crippen LogP contribution in [-0.2, 0) is 24.7 Å². The second-order valence-electron chi connectivity index (χ2n) is 7.59. The van der Waals surface area contributed by atoms with Crippen LogP contribution in [0.1, 0.15) is 16.8 Å². The fourth-order valence-corrected chi connectivity index (χ4v) is 3.46.